The Labute approximate surface area is 170 Å². The Balaban J connectivity index is 1.88. The van der Waals surface area contributed by atoms with Crippen LogP contribution in [-0.2, 0) is 31.4 Å². The highest BCUT2D eigenvalue weighted by Gasteiger charge is 2.37. The summed E-state index contributed by atoms with van der Waals surface area (Å²) in [6, 6.07) is 9.82. The summed E-state index contributed by atoms with van der Waals surface area (Å²) in [4.78, 5) is 12.1. The zero-order valence-corrected chi connectivity index (χ0v) is 17.9. The van der Waals surface area contributed by atoms with Crippen LogP contribution in [0.4, 0.5) is 5.69 Å². The summed E-state index contributed by atoms with van der Waals surface area (Å²) in [5, 5.41) is 0. The molecule has 156 valence electrons. The van der Waals surface area contributed by atoms with Crippen molar-refractivity contribution in [3.63, 3.8) is 0 Å². The Bertz CT molecular complexity index is 1130. The Hall–Kier alpha value is -2.43. The fraction of sp³-hybridized carbons (Fsp3) is 0.316. The van der Waals surface area contributed by atoms with Crippen LogP contribution in [0.1, 0.15) is 23.1 Å². The van der Waals surface area contributed by atoms with Crippen molar-refractivity contribution in [1.82, 2.24) is 4.72 Å². The summed E-state index contributed by atoms with van der Waals surface area (Å²) in [6.07, 6.45) is -0.0795. The first kappa shape index (κ1) is 21.3. The number of carbonyl (C=O) groups excluding carboxylic acids is 1. The molecule has 0 unspecified atom stereocenters. The molecule has 1 fully saturated rings. The van der Waals surface area contributed by atoms with E-state index in [0.717, 1.165) is 9.87 Å². The third kappa shape index (κ3) is 4.29. The summed E-state index contributed by atoms with van der Waals surface area (Å²) in [5.41, 5.74) is 1.64. The Morgan fingerprint density at radius 1 is 1.10 bits per heavy atom. The van der Waals surface area contributed by atoms with Gasteiger partial charge in [0.2, 0.25) is 26.0 Å². The van der Waals surface area contributed by atoms with Gasteiger partial charge in [-0.1, -0.05) is 12.1 Å². The molecule has 0 radical (unpaired) electrons. The van der Waals surface area contributed by atoms with Crippen LogP contribution in [0.3, 0.4) is 0 Å². The zero-order valence-electron chi connectivity index (χ0n) is 16.3. The van der Waals surface area contributed by atoms with Crippen LogP contribution >= 0.6 is 0 Å². The molecule has 1 heterocycles. The van der Waals surface area contributed by atoms with E-state index in [9.17, 15) is 21.6 Å². The van der Waals surface area contributed by atoms with Crippen LogP contribution in [0.15, 0.2) is 41.3 Å². The average Bonchev–Trinajstić information content (AvgIpc) is 2.92. The van der Waals surface area contributed by atoms with Crippen molar-refractivity contribution in [2.45, 2.75) is 31.7 Å². The van der Waals surface area contributed by atoms with E-state index in [2.05, 4.69) is 4.72 Å². The molecule has 1 aliphatic heterocycles. The molecule has 0 atom stereocenters. The van der Waals surface area contributed by atoms with Gasteiger partial charge < -0.3 is 4.74 Å². The van der Waals surface area contributed by atoms with Gasteiger partial charge in [-0.2, -0.15) is 0 Å². The Morgan fingerprint density at radius 3 is 2.17 bits per heavy atom. The van der Waals surface area contributed by atoms with E-state index < -0.39 is 26.0 Å². The summed E-state index contributed by atoms with van der Waals surface area (Å²) < 4.78 is 58.4. The van der Waals surface area contributed by atoms with Crippen molar-refractivity contribution in [2.24, 2.45) is 0 Å². The monoisotopic (exact) mass is 438 g/mol. The molecule has 0 aliphatic carbocycles. The van der Waals surface area contributed by atoms with Crippen molar-refractivity contribution >= 4 is 31.6 Å². The first-order chi connectivity index (χ1) is 13.5. The van der Waals surface area contributed by atoms with Crippen molar-refractivity contribution in [1.29, 1.82) is 0 Å². The van der Waals surface area contributed by atoms with Gasteiger partial charge >= 0.3 is 0 Å². The first-order valence-electron chi connectivity index (χ1n) is 8.85. The van der Waals surface area contributed by atoms with E-state index in [0.29, 0.717) is 16.9 Å². The molecule has 0 aromatic heterocycles. The van der Waals surface area contributed by atoms with Crippen LogP contribution in [0.2, 0.25) is 0 Å². The van der Waals surface area contributed by atoms with Gasteiger partial charge in [0.05, 0.1) is 23.4 Å². The minimum atomic E-state index is -3.85. The molecule has 2 aromatic carbocycles. The predicted octanol–water partition coefficient (Wildman–Crippen LogP) is 1.86. The van der Waals surface area contributed by atoms with Gasteiger partial charge in [0.25, 0.3) is 0 Å². The smallest absolute Gasteiger partial charge is 0.242 e. The van der Waals surface area contributed by atoms with Crippen LogP contribution in [0, 0.1) is 13.8 Å². The number of nitrogens with zero attached hydrogens (tertiary/aromatic N) is 1. The second-order valence-electron chi connectivity index (χ2n) is 6.81. The van der Waals surface area contributed by atoms with E-state index in [4.69, 9.17) is 4.74 Å². The van der Waals surface area contributed by atoms with Gasteiger partial charge in [-0.15, -0.1) is 0 Å². The first-order valence-corrected chi connectivity index (χ1v) is 11.9. The summed E-state index contributed by atoms with van der Waals surface area (Å²) in [6.45, 7) is 3.24. The molecule has 2 aromatic rings. The van der Waals surface area contributed by atoms with Crippen molar-refractivity contribution in [3.8, 4) is 5.75 Å². The molecule has 8 nitrogen and oxygen atoms in total. The summed E-state index contributed by atoms with van der Waals surface area (Å²) >= 11 is 0. The number of hydrogen-bond acceptors (Lipinski definition) is 6. The minimum Gasteiger partial charge on any atom is -0.497 e. The average molecular weight is 439 g/mol. The van der Waals surface area contributed by atoms with Gasteiger partial charge in [0.1, 0.15) is 5.75 Å². The summed E-state index contributed by atoms with van der Waals surface area (Å²) in [7, 11) is -6.02. The maximum atomic E-state index is 12.9. The Morgan fingerprint density at radius 2 is 1.69 bits per heavy atom. The van der Waals surface area contributed by atoms with E-state index in [1.807, 2.05) is 0 Å². The normalized spacial score (nSPS) is 16.2. The fourth-order valence-corrected chi connectivity index (χ4v) is 6.24. The number of hydrogen-bond donors (Lipinski definition) is 1. The molecule has 1 aliphatic rings. The van der Waals surface area contributed by atoms with Gasteiger partial charge in [0.15, 0.2) is 0 Å². The number of benzene rings is 2. The van der Waals surface area contributed by atoms with Crippen LogP contribution in [0.25, 0.3) is 0 Å². The number of amides is 1. The molecule has 10 heteroatoms. The van der Waals surface area contributed by atoms with Crippen LogP contribution < -0.4 is 13.8 Å². The highest BCUT2D eigenvalue weighted by atomic mass is 32.2. The van der Waals surface area contributed by atoms with E-state index in [1.165, 1.54) is 12.1 Å². The van der Waals surface area contributed by atoms with E-state index >= 15 is 0 Å². The van der Waals surface area contributed by atoms with E-state index in [-0.39, 0.29) is 29.3 Å². The lowest BCUT2D eigenvalue weighted by atomic mass is 10.1. The molecular formula is C19H22N2O6S2. The zero-order chi connectivity index (χ0) is 21.4. The molecule has 0 spiro atoms. The highest BCUT2D eigenvalue weighted by Crippen LogP contribution is 2.31. The molecule has 3 rings (SSSR count). The number of carbonyl (C=O) groups is 1. The number of aryl methyl sites for hydroxylation is 2. The number of nitrogens with one attached hydrogen (secondary N) is 1. The molecular weight excluding hydrogens is 416 g/mol. The van der Waals surface area contributed by atoms with E-state index in [1.54, 1.807) is 45.2 Å². The molecule has 1 N–H and O–H groups in total. The topological polar surface area (TPSA) is 110 Å². The SMILES string of the molecule is COc1ccc(CNS(=O)(=O)c2c(C)cc(N3C(=O)CCS3(=O)=O)cc2C)cc1. The number of sulfonamides is 2. The summed E-state index contributed by atoms with van der Waals surface area (Å²) in [5.74, 6) is -0.0877. The highest BCUT2D eigenvalue weighted by molar-refractivity contribution is 7.94. The quantitative estimate of drug-likeness (QED) is 0.737. The lowest BCUT2D eigenvalue weighted by Gasteiger charge is -2.19. The molecule has 1 amide bonds. The predicted molar refractivity (Wildman–Crippen MR) is 109 cm³/mol. The maximum absolute atomic E-state index is 12.9. The fourth-order valence-electron chi connectivity index (χ4n) is 3.33. The largest absolute Gasteiger partial charge is 0.497 e. The van der Waals surface area contributed by atoms with Crippen LogP contribution in [0.5, 0.6) is 5.75 Å². The number of anilines is 1. The van der Waals surface area contributed by atoms with Crippen molar-refractivity contribution < 1.29 is 26.4 Å². The van der Waals surface area contributed by atoms with Crippen molar-refractivity contribution in [2.75, 3.05) is 17.2 Å². The maximum Gasteiger partial charge on any atom is 0.242 e. The second-order valence-corrected chi connectivity index (χ2v) is 10.4. The number of methoxy groups -OCH3 is 1. The molecule has 29 heavy (non-hydrogen) atoms. The number of ether oxygens (including phenoxy) is 1. The lowest BCUT2D eigenvalue weighted by Crippen LogP contribution is -2.30. The second kappa shape index (κ2) is 7.77. The third-order valence-electron chi connectivity index (χ3n) is 4.65. The molecule has 0 bridgehead atoms. The Kier molecular flexibility index (Phi) is 5.70. The van der Waals surface area contributed by atoms with Crippen LogP contribution in [-0.4, -0.2) is 35.6 Å². The third-order valence-corrected chi connectivity index (χ3v) is 8.05. The van der Waals surface area contributed by atoms with Gasteiger partial charge in [-0.05, 0) is 54.8 Å². The molecule has 0 saturated carbocycles. The minimum absolute atomic E-state index is 0.0683. The van der Waals surface area contributed by atoms with Gasteiger partial charge in [-0.25, -0.2) is 25.9 Å². The number of rotatable bonds is 6. The van der Waals surface area contributed by atoms with Gasteiger partial charge in [0, 0.05) is 13.0 Å². The van der Waals surface area contributed by atoms with Crippen molar-refractivity contribution in [3.05, 3.63) is 53.1 Å². The standard InChI is InChI=1S/C19H22N2O6S2/c1-13-10-16(21-18(22)8-9-28(21,23)24)11-14(2)19(13)29(25,26)20-12-15-4-6-17(27-3)7-5-15/h4-7,10-11,20H,8-9,12H2,1-3H3. The molecule has 1 saturated heterocycles. The van der Waals surface area contributed by atoms with Gasteiger partial charge in [-0.3, -0.25) is 4.79 Å². The lowest BCUT2D eigenvalue weighted by molar-refractivity contribution is -0.116.